The van der Waals surface area contributed by atoms with Crippen molar-refractivity contribution in [2.75, 3.05) is 0 Å². The molecule has 0 spiro atoms. The van der Waals surface area contributed by atoms with E-state index in [1.54, 1.807) is 19.1 Å². The predicted octanol–water partition coefficient (Wildman–Crippen LogP) is 4.85. The van der Waals surface area contributed by atoms with Crippen molar-refractivity contribution in [2.24, 2.45) is 5.73 Å². The minimum Gasteiger partial charge on any atom is -0.320 e. The molecule has 21 heavy (non-hydrogen) atoms. The van der Waals surface area contributed by atoms with Crippen molar-refractivity contribution in [1.29, 1.82) is 0 Å². The Labute approximate surface area is 124 Å². The maximum Gasteiger partial charge on any atom is 0.419 e. The number of hydrogen-bond donors (Lipinski definition) is 1. The zero-order valence-corrected chi connectivity index (χ0v) is 11.8. The standard InChI is InChI=1S/C15H12ClF4N/c1-8-5-6-9(7-12(8)16)14(21)10-3-2-4-11(13(10)17)15(18,19)20/h2-7,14H,21H2,1H3. The number of nitrogens with two attached hydrogens (primary N) is 1. The Balaban J connectivity index is 2.48. The lowest BCUT2D eigenvalue weighted by atomic mass is 9.96. The van der Waals surface area contributed by atoms with Gasteiger partial charge in [-0.1, -0.05) is 35.9 Å². The lowest BCUT2D eigenvalue weighted by molar-refractivity contribution is -0.140. The fraction of sp³-hybridized carbons (Fsp3) is 0.200. The first-order chi connectivity index (χ1) is 9.71. The van der Waals surface area contributed by atoms with E-state index in [-0.39, 0.29) is 5.56 Å². The van der Waals surface area contributed by atoms with Crippen LogP contribution in [0.5, 0.6) is 0 Å². The van der Waals surface area contributed by atoms with Crippen molar-refractivity contribution < 1.29 is 17.6 Å². The number of halogens is 5. The van der Waals surface area contributed by atoms with Crippen LogP contribution in [-0.4, -0.2) is 0 Å². The van der Waals surface area contributed by atoms with Gasteiger partial charge in [0.1, 0.15) is 5.82 Å². The SMILES string of the molecule is Cc1ccc(C(N)c2cccc(C(F)(F)F)c2F)cc1Cl. The Hall–Kier alpha value is -1.59. The molecule has 0 amide bonds. The molecule has 0 saturated heterocycles. The highest BCUT2D eigenvalue weighted by Gasteiger charge is 2.35. The summed E-state index contributed by atoms with van der Waals surface area (Å²) < 4.78 is 52.2. The number of hydrogen-bond acceptors (Lipinski definition) is 1. The topological polar surface area (TPSA) is 26.0 Å². The summed E-state index contributed by atoms with van der Waals surface area (Å²) in [6, 6.07) is 6.87. The summed E-state index contributed by atoms with van der Waals surface area (Å²) in [7, 11) is 0. The van der Waals surface area contributed by atoms with E-state index in [0.29, 0.717) is 16.7 Å². The molecule has 0 bridgehead atoms. The quantitative estimate of drug-likeness (QED) is 0.787. The molecule has 0 aliphatic heterocycles. The Morgan fingerprint density at radius 3 is 2.38 bits per heavy atom. The molecule has 6 heteroatoms. The third-order valence-electron chi connectivity index (χ3n) is 3.22. The van der Waals surface area contributed by atoms with Crippen molar-refractivity contribution in [2.45, 2.75) is 19.1 Å². The lowest BCUT2D eigenvalue weighted by Crippen LogP contribution is -2.17. The smallest absolute Gasteiger partial charge is 0.320 e. The van der Waals surface area contributed by atoms with E-state index in [9.17, 15) is 17.6 Å². The van der Waals surface area contributed by atoms with Crippen LogP contribution in [0.4, 0.5) is 17.6 Å². The molecular formula is C15H12ClF4N. The second-order valence-corrected chi connectivity index (χ2v) is 5.10. The first-order valence-corrected chi connectivity index (χ1v) is 6.47. The molecule has 0 aromatic heterocycles. The van der Waals surface area contributed by atoms with Crippen LogP contribution in [0.15, 0.2) is 36.4 Å². The van der Waals surface area contributed by atoms with Crippen LogP contribution in [-0.2, 0) is 6.18 Å². The fourth-order valence-corrected chi connectivity index (χ4v) is 2.18. The van der Waals surface area contributed by atoms with Crippen LogP contribution in [0.3, 0.4) is 0 Å². The summed E-state index contributed by atoms with van der Waals surface area (Å²) in [6.07, 6.45) is -4.76. The zero-order valence-electron chi connectivity index (χ0n) is 11.0. The first-order valence-electron chi connectivity index (χ1n) is 6.09. The monoisotopic (exact) mass is 317 g/mol. The molecular weight excluding hydrogens is 306 g/mol. The van der Waals surface area contributed by atoms with E-state index in [0.717, 1.165) is 11.6 Å². The third-order valence-corrected chi connectivity index (χ3v) is 3.63. The summed E-state index contributed by atoms with van der Waals surface area (Å²) in [5.74, 6) is -1.35. The summed E-state index contributed by atoms with van der Waals surface area (Å²) >= 11 is 5.96. The second kappa shape index (κ2) is 5.66. The average Bonchev–Trinajstić information content (AvgIpc) is 2.40. The number of benzene rings is 2. The predicted molar refractivity (Wildman–Crippen MR) is 73.6 cm³/mol. The maximum atomic E-state index is 14.1. The van der Waals surface area contributed by atoms with Gasteiger partial charge in [0.2, 0.25) is 0 Å². The molecule has 2 aromatic carbocycles. The third kappa shape index (κ3) is 3.19. The van der Waals surface area contributed by atoms with Gasteiger partial charge in [-0.3, -0.25) is 0 Å². The number of aryl methyl sites for hydroxylation is 1. The molecule has 1 nitrogen and oxygen atoms in total. The van der Waals surface area contributed by atoms with Gasteiger partial charge in [0.25, 0.3) is 0 Å². The average molecular weight is 318 g/mol. The van der Waals surface area contributed by atoms with Crippen LogP contribution in [0.2, 0.25) is 5.02 Å². The van der Waals surface area contributed by atoms with Crippen LogP contribution >= 0.6 is 11.6 Å². The molecule has 0 aliphatic rings. The highest BCUT2D eigenvalue weighted by Crippen LogP contribution is 2.35. The van der Waals surface area contributed by atoms with E-state index in [1.165, 1.54) is 12.1 Å². The van der Waals surface area contributed by atoms with Crippen molar-refractivity contribution in [1.82, 2.24) is 0 Å². The summed E-state index contributed by atoms with van der Waals surface area (Å²) in [5, 5.41) is 0.426. The van der Waals surface area contributed by atoms with Gasteiger partial charge in [-0.15, -0.1) is 0 Å². The normalized spacial score (nSPS) is 13.3. The van der Waals surface area contributed by atoms with Gasteiger partial charge < -0.3 is 5.73 Å². The van der Waals surface area contributed by atoms with Crippen LogP contribution < -0.4 is 5.73 Å². The fourth-order valence-electron chi connectivity index (χ4n) is 1.99. The largest absolute Gasteiger partial charge is 0.419 e. The van der Waals surface area contributed by atoms with Crippen molar-refractivity contribution >= 4 is 11.6 Å². The molecule has 2 aromatic rings. The van der Waals surface area contributed by atoms with E-state index < -0.39 is 23.6 Å². The Kier molecular flexibility index (Phi) is 4.25. The van der Waals surface area contributed by atoms with Gasteiger partial charge in [-0.05, 0) is 30.2 Å². The van der Waals surface area contributed by atoms with Crippen molar-refractivity contribution in [3.05, 3.63) is 69.5 Å². The van der Waals surface area contributed by atoms with Crippen molar-refractivity contribution in [3.8, 4) is 0 Å². The highest BCUT2D eigenvalue weighted by molar-refractivity contribution is 6.31. The first kappa shape index (κ1) is 15.8. The lowest BCUT2D eigenvalue weighted by Gasteiger charge is -2.17. The molecule has 2 rings (SSSR count). The second-order valence-electron chi connectivity index (χ2n) is 4.69. The van der Waals surface area contributed by atoms with Gasteiger partial charge in [0, 0.05) is 10.6 Å². The summed E-state index contributed by atoms with van der Waals surface area (Å²) in [6.45, 7) is 1.78. The van der Waals surface area contributed by atoms with E-state index >= 15 is 0 Å². The molecule has 0 heterocycles. The van der Waals surface area contributed by atoms with Gasteiger partial charge >= 0.3 is 6.18 Å². The van der Waals surface area contributed by atoms with Gasteiger partial charge in [0.05, 0.1) is 11.6 Å². The van der Waals surface area contributed by atoms with Gasteiger partial charge in [-0.25, -0.2) is 4.39 Å². The minimum absolute atomic E-state index is 0.218. The van der Waals surface area contributed by atoms with Gasteiger partial charge in [0.15, 0.2) is 0 Å². The Morgan fingerprint density at radius 2 is 1.81 bits per heavy atom. The van der Waals surface area contributed by atoms with E-state index in [2.05, 4.69) is 0 Å². The highest BCUT2D eigenvalue weighted by atomic mass is 35.5. The molecule has 0 aliphatic carbocycles. The molecule has 0 saturated carbocycles. The van der Waals surface area contributed by atoms with E-state index in [1.807, 2.05) is 0 Å². The van der Waals surface area contributed by atoms with E-state index in [4.69, 9.17) is 17.3 Å². The maximum absolute atomic E-state index is 14.1. The number of alkyl halides is 3. The molecule has 1 unspecified atom stereocenters. The summed E-state index contributed by atoms with van der Waals surface area (Å²) in [4.78, 5) is 0. The molecule has 0 fully saturated rings. The minimum atomic E-state index is -4.76. The Morgan fingerprint density at radius 1 is 1.14 bits per heavy atom. The molecule has 112 valence electrons. The van der Waals surface area contributed by atoms with Crippen LogP contribution in [0.1, 0.15) is 28.3 Å². The van der Waals surface area contributed by atoms with Crippen LogP contribution in [0.25, 0.3) is 0 Å². The van der Waals surface area contributed by atoms with Crippen LogP contribution in [0, 0.1) is 12.7 Å². The number of rotatable bonds is 2. The Bertz CT molecular complexity index is 667. The molecule has 2 N–H and O–H groups in total. The molecule has 0 radical (unpaired) electrons. The van der Waals surface area contributed by atoms with Gasteiger partial charge in [-0.2, -0.15) is 13.2 Å². The summed E-state index contributed by atoms with van der Waals surface area (Å²) in [5.41, 5.74) is 5.59. The zero-order chi connectivity index (χ0) is 15.8. The van der Waals surface area contributed by atoms with Crippen molar-refractivity contribution in [3.63, 3.8) is 0 Å². The molecule has 1 atom stereocenters.